The molecule has 2 unspecified atom stereocenters. The van der Waals surface area contributed by atoms with E-state index in [-0.39, 0.29) is 0 Å². The lowest BCUT2D eigenvalue weighted by Crippen LogP contribution is -2.41. The van der Waals surface area contributed by atoms with Crippen molar-refractivity contribution >= 4 is 27.2 Å². The molecule has 2 aliphatic heterocycles. The van der Waals surface area contributed by atoms with Crippen LogP contribution in [0, 0.1) is 0 Å². The number of rotatable bonds is 2. The molecular weight excluding hydrogens is 254 g/mol. The van der Waals surface area contributed by atoms with Crippen LogP contribution >= 0.6 is 11.3 Å². The van der Waals surface area contributed by atoms with Crippen molar-refractivity contribution in [2.24, 2.45) is 0 Å². The second-order valence-electron chi connectivity index (χ2n) is 5.67. The summed E-state index contributed by atoms with van der Waals surface area (Å²) < 4.78 is 1.28. The largest absolute Gasteiger partial charge is 0.381 e. The second kappa shape index (κ2) is 4.76. The van der Waals surface area contributed by atoms with Crippen molar-refractivity contribution in [3.05, 3.63) is 23.7 Å². The minimum Gasteiger partial charge on any atom is -0.381 e. The van der Waals surface area contributed by atoms with Crippen molar-refractivity contribution in [3.63, 3.8) is 0 Å². The van der Waals surface area contributed by atoms with Gasteiger partial charge < -0.3 is 5.32 Å². The number of thiazole rings is 1. The summed E-state index contributed by atoms with van der Waals surface area (Å²) in [5.74, 6) is 0. The molecule has 0 aliphatic carbocycles. The zero-order valence-corrected chi connectivity index (χ0v) is 11.8. The van der Waals surface area contributed by atoms with E-state index in [4.69, 9.17) is 0 Å². The van der Waals surface area contributed by atoms with Gasteiger partial charge in [0.25, 0.3) is 0 Å². The van der Waals surface area contributed by atoms with E-state index >= 15 is 0 Å². The third-order valence-electron chi connectivity index (χ3n) is 4.54. The average Bonchev–Trinajstić information content (AvgIpc) is 3.06. The van der Waals surface area contributed by atoms with Crippen LogP contribution in [0.5, 0.6) is 0 Å². The van der Waals surface area contributed by atoms with Gasteiger partial charge in [-0.2, -0.15) is 0 Å². The molecule has 2 atom stereocenters. The predicted molar refractivity (Wildman–Crippen MR) is 80.9 cm³/mol. The highest BCUT2D eigenvalue weighted by atomic mass is 32.1. The third-order valence-corrected chi connectivity index (χ3v) is 5.33. The van der Waals surface area contributed by atoms with Gasteiger partial charge in [0.2, 0.25) is 0 Å². The van der Waals surface area contributed by atoms with Gasteiger partial charge in [-0.05, 0) is 44.0 Å². The Bertz CT molecular complexity index is 580. The maximum atomic E-state index is 4.34. The number of nitrogens with zero attached hydrogens (tertiary/aromatic N) is 2. The molecule has 3 nitrogen and oxygen atoms in total. The zero-order chi connectivity index (χ0) is 12.7. The standard InChI is InChI=1S/C15H19N3S/c1-2-7-18-8-6-12(14(18)3-1)17-11-4-5-13-15(9-11)19-10-16-13/h4-5,9-10,12,14,17H,1-3,6-8H2. The van der Waals surface area contributed by atoms with E-state index in [0.717, 1.165) is 11.6 Å². The highest BCUT2D eigenvalue weighted by Gasteiger charge is 2.35. The zero-order valence-electron chi connectivity index (χ0n) is 11.0. The maximum Gasteiger partial charge on any atom is 0.0813 e. The van der Waals surface area contributed by atoms with Crippen LogP contribution in [0.15, 0.2) is 23.7 Å². The summed E-state index contributed by atoms with van der Waals surface area (Å²) in [6, 6.07) is 7.94. The lowest BCUT2D eigenvalue weighted by Gasteiger charge is -2.32. The SMILES string of the molecule is c1nc2ccc(NC3CCN4CCCCC34)cc2s1. The number of anilines is 1. The molecule has 0 amide bonds. The van der Waals surface area contributed by atoms with Crippen molar-refractivity contribution in [2.45, 2.75) is 37.8 Å². The topological polar surface area (TPSA) is 28.2 Å². The first-order valence-corrected chi connectivity index (χ1v) is 8.12. The minimum atomic E-state index is 0.630. The fourth-order valence-corrected chi connectivity index (χ4v) is 4.29. The van der Waals surface area contributed by atoms with Gasteiger partial charge in [-0.3, -0.25) is 4.90 Å². The van der Waals surface area contributed by atoms with Crippen molar-refractivity contribution < 1.29 is 0 Å². The average molecular weight is 273 g/mol. The summed E-state index contributed by atoms with van der Waals surface area (Å²) >= 11 is 1.72. The van der Waals surface area contributed by atoms with Gasteiger partial charge >= 0.3 is 0 Å². The molecule has 0 spiro atoms. The van der Waals surface area contributed by atoms with Gasteiger partial charge in [-0.15, -0.1) is 11.3 Å². The number of fused-ring (bicyclic) bond motifs is 2. The van der Waals surface area contributed by atoms with Gasteiger partial charge in [0.15, 0.2) is 0 Å². The Balaban J connectivity index is 1.54. The van der Waals surface area contributed by atoms with Crippen LogP contribution in [0.3, 0.4) is 0 Å². The normalized spacial score (nSPS) is 27.6. The van der Waals surface area contributed by atoms with Crippen LogP contribution in [-0.2, 0) is 0 Å². The molecule has 4 heteroatoms. The first-order chi connectivity index (χ1) is 9.40. The Morgan fingerprint density at radius 2 is 2.21 bits per heavy atom. The monoisotopic (exact) mass is 273 g/mol. The van der Waals surface area contributed by atoms with E-state index in [1.54, 1.807) is 11.3 Å². The van der Waals surface area contributed by atoms with E-state index in [1.165, 1.54) is 49.2 Å². The van der Waals surface area contributed by atoms with Gasteiger partial charge in [0.05, 0.1) is 15.7 Å². The van der Waals surface area contributed by atoms with Gasteiger partial charge in [-0.1, -0.05) is 6.42 Å². The number of benzene rings is 1. The van der Waals surface area contributed by atoms with E-state index < -0.39 is 0 Å². The molecule has 1 N–H and O–H groups in total. The molecule has 3 heterocycles. The Hall–Kier alpha value is -1.13. The molecule has 1 aromatic heterocycles. The molecule has 2 saturated heterocycles. The van der Waals surface area contributed by atoms with Crippen LogP contribution in [-0.4, -0.2) is 35.1 Å². The van der Waals surface area contributed by atoms with Gasteiger partial charge in [-0.25, -0.2) is 4.98 Å². The first-order valence-electron chi connectivity index (χ1n) is 7.24. The van der Waals surface area contributed by atoms with Crippen LogP contribution in [0.2, 0.25) is 0 Å². The second-order valence-corrected chi connectivity index (χ2v) is 6.56. The van der Waals surface area contributed by atoms with Crippen LogP contribution in [0.1, 0.15) is 25.7 Å². The highest BCUT2D eigenvalue weighted by molar-refractivity contribution is 7.16. The fraction of sp³-hybridized carbons (Fsp3) is 0.533. The molecule has 1 aromatic carbocycles. The quantitative estimate of drug-likeness (QED) is 0.909. The minimum absolute atomic E-state index is 0.630. The summed E-state index contributed by atoms with van der Waals surface area (Å²) in [5.41, 5.74) is 4.29. The highest BCUT2D eigenvalue weighted by Crippen LogP contribution is 2.30. The summed E-state index contributed by atoms with van der Waals surface area (Å²) in [6.45, 7) is 2.57. The van der Waals surface area contributed by atoms with Crippen molar-refractivity contribution in [3.8, 4) is 0 Å². The van der Waals surface area contributed by atoms with E-state index in [1.807, 2.05) is 5.51 Å². The molecule has 100 valence electrons. The Kier molecular flexibility index (Phi) is 2.93. The van der Waals surface area contributed by atoms with Crippen molar-refractivity contribution in [1.29, 1.82) is 0 Å². The summed E-state index contributed by atoms with van der Waals surface area (Å²) in [4.78, 5) is 7.01. The molecule has 0 saturated carbocycles. The lowest BCUT2D eigenvalue weighted by molar-refractivity contribution is 0.193. The number of piperidine rings is 1. The lowest BCUT2D eigenvalue weighted by atomic mass is 9.99. The molecule has 2 fully saturated rings. The Morgan fingerprint density at radius 1 is 1.21 bits per heavy atom. The van der Waals surface area contributed by atoms with Crippen molar-refractivity contribution in [2.75, 3.05) is 18.4 Å². The van der Waals surface area contributed by atoms with Crippen LogP contribution in [0.25, 0.3) is 10.2 Å². The smallest absolute Gasteiger partial charge is 0.0813 e. The first kappa shape index (κ1) is 11.7. The number of nitrogens with one attached hydrogen (secondary N) is 1. The summed E-state index contributed by atoms with van der Waals surface area (Å²) in [6.07, 6.45) is 5.43. The van der Waals surface area contributed by atoms with Gasteiger partial charge in [0.1, 0.15) is 0 Å². The van der Waals surface area contributed by atoms with E-state index in [2.05, 4.69) is 33.4 Å². The Morgan fingerprint density at radius 3 is 3.21 bits per heavy atom. The molecule has 0 bridgehead atoms. The number of aromatic nitrogens is 1. The van der Waals surface area contributed by atoms with E-state index in [9.17, 15) is 0 Å². The molecular formula is C15H19N3S. The molecule has 0 radical (unpaired) electrons. The number of hydrogen-bond donors (Lipinski definition) is 1. The third kappa shape index (κ3) is 2.13. The van der Waals surface area contributed by atoms with Crippen LogP contribution < -0.4 is 5.32 Å². The van der Waals surface area contributed by atoms with Crippen molar-refractivity contribution in [1.82, 2.24) is 9.88 Å². The maximum absolute atomic E-state index is 4.34. The molecule has 2 aromatic rings. The molecule has 2 aliphatic rings. The Labute approximate surface area is 117 Å². The summed E-state index contributed by atoms with van der Waals surface area (Å²) in [5, 5.41) is 3.76. The molecule has 19 heavy (non-hydrogen) atoms. The predicted octanol–water partition coefficient (Wildman–Crippen LogP) is 3.34. The van der Waals surface area contributed by atoms with Crippen LogP contribution in [0.4, 0.5) is 5.69 Å². The van der Waals surface area contributed by atoms with E-state index in [0.29, 0.717) is 6.04 Å². The van der Waals surface area contributed by atoms with Gasteiger partial charge in [0, 0.05) is 24.3 Å². The fourth-order valence-electron chi connectivity index (χ4n) is 3.57. The number of hydrogen-bond acceptors (Lipinski definition) is 4. The summed E-state index contributed by atoms with van der Waals surface area (Å²) in [7, 11) is 0. The molecule has 4 rings (SSSR count).